The third kappa shape index (κ3) is 19.9. The van der Waals surface area contributed by atoms with Crippen molar-refractivity contribution < 1.29 is 56.2 Å². The molecule has 0 unspecified atom stereocenters. The van der Waals surface area contributed by atoms with Crippen molar-refractivity contribution in [3.8, 4) is 46.0 Å². The summed E-state index contributed by atoms with van der Waals surface area (Å²) in [6.07, 6.45) is 0.0113. The van der Waals surface area contributed by atoms with Crippen LogP contribution in [0, 0.1) is 27.7 Å². The molecule has 0 heterocycles. The SMILES string of the molecule is Cc1ccc(C(=O)Oc2cc(OC(=O)c3ccc(C)cc3)c3cc2Cc2cc(c(OP(c4ccccc4)c4ccccc4)cc2OP(c2ccccc2)c2ccccc2)Cc2cc(c(OC(=O)c4ccc(C)cc4)cc2OC(=O)c2ccc(C)cc2)Cc2cc(c(OP(c4ccccc4)c4ccccc4)cc2OP(c2ccccc2)c2ccccc2)C3)cc1. The minimum Gasteiger partial charge on any atom is -0.464 e. The first-order chi connectivity index (χ1) is 60.7. The molecule has 0 spiro atoms. The maximum absolute atomic E-state index is 15.3. The molecule has 12 nitrogen and oxygen atoms in total. The highest BCUT2D eigenvalue weighted by Gasteiger charge is 2.32. The number of carbonyl (C=O) groups is 4. The Bertz CT molecular complexity index is 5530. The summed E-state index contributed by atoms with van der Waals surface area (Å²) in [5.74, 6) is -0.515. The van der Waals surface area contributed by atoms with Gasteiger partial charge in [-0.25, -0.2) is 19.2 Å². The Morgan fingerprint density at radius 3 is 0.492 bits per heavy atom. The Morgan fingerprint density at radius 2 is 0.331 bits per heavy atom. The third-order valence-electron chi connectivity index (χ3n) is 21.1. The minimum atomic E-state index is -1.69. The zero-order valence-corrected chi connectivity index (χ0v) is 72.0. The second kappa shape index (κ2) is 38.6. The molecule has 0 radical (unpaired) electrons. The number of hydrogen-bond acceptors (Lipinski definition) is 12. The lowest BCUT2D eigenvalue weighted by atomic mass is 9.91. The van der Waals surface area contributed by atoms with Crippen molar-refractivity contribution in [1.29, 1.82) is 0 Å². The molecular formula is C108H84O12P4. The van der Waals surface area contributed by atoms with Crippen molar-refractivity contribution in [3.05, 3.63) is 477 Å². The quantitative estimate of drug-likeness (QED) is 0.0323. The van der Waals surface area contributed by atoms with E-state index in [-0.39, 0.29) is 70.9 Å². The zero-order chi connectivity index (χ0) is 84.8. The lowest BCUT2D eigenvalue weighted by molar-refractivity contribution is 0.0711. The average Bonchev–Trinajstić information content (AvgIpc) is 0.766. The van der Waals surface area contributed by atoms with Gasteiger partial charge in [0.15, 0.2) is 32.6 Å². The average molecular weight is 1700 g/mol. The third-order valence-corrected chi connectivity index (χ3v) is 28.8. The Morgan fingerprint density at radius 1 is 0.185 bits per heavy atom. The van der Waals surface area contributed by atoms with Crippen molar-refractivity contribution in [3.63, 3.8) is 0 Å². The second-order valence-electron chi connectivity index (χ2n) is 30.2. The molecule has 16 aromatic carbocycles. The highest BCUT2D eigenvalue weighted by Crippen LogP contribution is 2.51. The van der Waals surface area contributed by atoms with Gasteiger partial charge in [0.2, 0.25) is 0 Å². The summed E-state index contributed by atoms with van der Waals surface area (Å²) in [5.41, 5.74) is 9.44. The summed E-state index contributed by atoms with van der Waals surface area (Å²) in [6.45, 7) is 7.81. The molecule has 17 rings (SSSR count). The number of hydrogen-bond donors (Lipinski definition) is 0. The molecule has 0 amide bonds. The predicted molar refractivity (Wildman–Crippen MR) is 500 cm³/mol. The fourth-order valence-corrected chi connectivity index (χ4v) is 21.6. The van der Waals surface area contributed by atoms with Crippen LogP contribution in [0.4, 0.5) is 0 Å². The van der Waals surface area contributed by atoms with Crippen molar-refractivity contribution in [2.24, 2.45) is 0 Å². The van der Waals surface area contributed by atoms with Gasteiger partial charge in [0.25, 0.3) is 0 Å². The summed E-state index contributed by atoms with van der Waals surface area (Å²) >= 11 is 0. The second-order valence-corrected chi connectivity index (χ2v) is 37.4. The van der Waals surface area contributed by atoms with Crippen molar-refractivity contribution in [1.82, 2.24) is 0 Å². The molecule has 0 atom stereocenters. The van der Waals surface area contributed by atoms with E-state index in [1.165, 1.54) is 0 Å². The van der Waals surface area contributed by atoms with E-state index in [0.29, 0.717) is 67.5 Å². The van der Waals surface area contributed by atoms with Crippen LogP contribution >= 0.6 is 32.6 Å². The summed E-state index contributed by atoms with van der Waals surface area (Å²) in [5, 5.41) is 7.38. The van der Waals surface area contributed by atoms with Crippen LogP contribution < -0.4 is 79.5 Å². The Hall–Kier alpha value is -13.7. The molecule has 0 saturated heterocycles. The normalized spacial score (nSPS) is 11.7. The minimum absolute atomic E-state index is 0.00281. The van der Waals surface area contributed by atoms with E-state index in [9.17, 15) is 0 Å². The smallest absolute Gasteiger partial charge is 0.343 e. The molecule has 16 heteroatoms. The highest BCUT2D eigenvalue weighted by atomic mass is 31.1. The summed E-state index contributed by atoms with van der Waals surface area (Å²) < 4.78 is 58.7. The van der Waals surface area contributed by atoms with Gasteiger partial charge in [-0.05, 0) is 145 Å². The largest absolute Gasteiger partial charge is 0.464 e. The van der Waals surface area contributed by atoms with E-state index >= 15 is 19.2 Å². The molecule has 0 fully saturated rings. The number of fused-ring (bicyclic) bond motifs is 8. The van der Waals surface area contributed by atoms with E-state index in [2.05, 4.69) is 109 Å². The Kier molecular flexibility index (Phi) is 25.7. The van der Waals surface area contributed by atoms with Crippen molar-refractivity contribution in [2.45, 2.75) is 53.4 Å². The maximum Gasteiger partial charge on any atom is 0.343 e. The predicted octanol–water partition coefficient (Wildman–Crippen LogP) is 22.2. The van der Waals surface area contributed by atoms with Gasteiger partial charge < -0.3 is 37.0 Å². The molecule has 1 aliphatic carbocycles. The first-order valence-electron chi connectivity index (χ1n) is 40.8. The van der Waals surface area contributed by atoms with Gasteiger partial charge in [-0.2, -0.15) is 0 Å². The lowest BCUT2D eigenvalue weighted by Gasteiger charge is -2.27. The zero-order valence-electron chi connectivity index (χ0n) is 68.5. The summed E-state index contributed by atoms with van der Waals surface area (Å²) in [4.78, 5) is 61.2. The first kappa shape index (κ1) is 82.6. The molecule has 0 aliphatic heterocycles. The molecule has 8 bridgehead atoms. The molecule has 608 valence electrons. The van der Waals surface area contributed by atoms with E-state index in [0.717, 1.165) is 64.7 Å². The first-order valence-corrected chi connectivity index (χ1v) is 45.8. The number of ether oxygens (including phenoxy) is 4. The molecule has 0 saturated carbocycles. The molecule has 1 aliphatic rings. The van der Waals surface area contributed by atoms with E-state index < -0.39 is 56.5 Å². The molecule has 124 heavy (non-hydrogen) atoms. The summed E-state index contributed by atoms with van der Waals surface area (Å²) in [6, 6.07) is 125. The van der Waals surface area contributed by atoms with Crippen LogP contribution in [0.3, 0.4) is 0 Å². The van der Waals surface area contributed by atoms with Gasteiger partial charge in [0.1, 0.15) is 46.0 Å². The number of rotatable bonds is 24. The van der Waals surface area contributed by atoms with Crippen LogP contribution in [0.25, 0.3) is 0 Å². The van der Waals surface area contributed by atoms with Gasteiger partial charge in [0.05, 0.1) is 22.3 Å². The van der Waals surface area contributed by atoms with Gasteiger partial charge >= 0.3 is 23.9 Å². The maximum atomic E-state index is 15.3. The van der Waals surface area contributed by atoms with E-state index in [1.807, 2.05) is 246 Å². The van der Waals surface area contributed by atoms with Crippen LogP contribution in [0.2, 0.25) is 0 Å². The Balaban J connectivity index is 0.983. The summed E-state index contributed by atoms with van der Waals surface area (Å²) in [7, 11) is -6.76. The van der Waals surface area contributed by atoms with Crippen LogP contribution in [-0.4, -0.2) is 23.9 Å². The van der Waals surface area contributed by atoms with Gasteiger partial charge in [-0.15, -0.1) is 0 Å². The molecule has 16 aromatic rings. The van der Waals surface area contributed by atoms with Crippen LogP contribution in [0.1, 0.15) is 108 Å². The Labute approximate surface area is 727 Å². The lowest BCUT2D eigenvalue weighted by Crippen LogP contribution is -2.18. The molecule has 0 N–H and O–H groups in total. The standard InChI is InChI=1S/C108H84O12P4/c1-73-45-53-77(54-46-73)105(109)113-97-69-98(114-106(110)78-55-47-74(2)48-56-78)82-61-81(97)63-85-67-87(102(118-122(91-33-17-7-18-34-91)92-35-19-8-20-36-92)71-101(85)117-121(89-29-13-5-14-30-89)90-31-15-6-16-32-90)65-83-62-84(100(116-108(112)80-59-51-76(4)52-60-80)70-99(83)115-107(111)79-57-49-75(3)50-58-79)66-88-68-86(64-82)103(119-123(93-37-21-9-22-38-93)94-39-23-10-24-40-94)72-104(88)120-124(95-41-25-11-26-42-95)96-43-27-12-28-44-96/h5-62,67-72H,63-66H2,1-4H3. The number of benzene rings is 16. The molecular weight excluding hydrogens is 1610 g/mol. The van der Waals surface area contributed by atoms with Crippen LogP contribution in [0.5, 0.6) is 46.0 Å². The monoisotopic (exact) mass is 1700 g/mol. The van der Waals surface area contributed by atoms with Gasteiger partial charge in [0, 0.05) is 92.4 Å². The number of aryl methyl sites for hydroxylation is 4. The van der Waals surface area contributed by atoms with Crippen LogP contribution in [-0.2, 0) is 25.7 Å². The fourth-order valence-electron chi connectivity index (χ4n) is 14.6. The molecule has 0 aromatic heterocycles. The number of esters is 4. The topological polar surface area (TPSA) is 142 Å². The fraction of sp³-hybridized carbons (Fsp3) is 0.0741. The van der Waals surface area contributed by atoms with Crippen molar-refractivity contribution >= 4 is 98.9 Å². The highest BCUT2D eigenvalue weighted by molar-refractivity contribution is 7.70. The van der Waals surface area contributed by atoms with Crippen LogP contribution in [0.15, 0.2) is 388 Å². The van der Waals surface area contributed by atoms with Gasteiger partial charge in [-0.3, -0.25) is 0 Å². The van der Waals surface area contributed by atoms with E-state index in [4.69, 9.17) is 37.0 Å². The van der Waals surface area contributed by atoms with E-state index in [1.54, 1.807) is 60.7 Å². The van der Waals surface area contributed by atoms with Crippen molar-refractivity contribution in [2.75, 3.05) is 0 Å². The van der Waals surface area contributed by atoms with Gasteiger partial charge in [-0.1, -0.05) is 313 Å². The number of carbonyl (C=O) groups excluding carboxylic acids is 4.